The SMILES string of the molecule is CC1(C)OB(c2ccnc3ccc(N4CCCC4)nc23)OC1(C)C. The van der Waals surface area contributed by atoms with Crippen LogP contribution in [0.1, 0.15) is 40.5 Å². The van der Waals surface area contributed by atoms with Gasteiger partial charge in [0.1, 0.15) is 5.82 Å². The molecule has 0 radical (unpaired) electrons. The summed E-state index contributed by atoms with van der Waals surface area (Å²) >= 11 is 0. The van der Waals surface area contributed by atoms with Crippen LogP contribution in [0.25, 0.3) is 11.0 Å². The summed E-state index contributed by atoms with van der Waals surface area (Å²) in [7, 11) is -0.415. The lowest BCUT2D eigenvalue weighted by atomic mass is 9.78. The molecule has 2 aliphatic rings. The number of pyridine rings is 2. The summed E-state index contributed by atoms with van der Waals surface area (Å²) in [6.07, 6.45) is 4.27. The number of rotatable bonds is 2. The quantitative estimate of drug-likeness (QED) is 0.794. The fourth-order valence-electron chi connectivity index (χ4n) is 3.32. The molecule has 2 aliphatic heterocycles. The Morgan fingerprint density at radius 3 is 2.33 bits per heavy atom. The molecule has 0 N–H and O–H groups in total. The smallest absolute Gasteiger partial charge is 0.399 e. The molecule has 4 rings (SSSR count). The van der Waals surface area contributed by atoms with E-state index in [1.807, 2.05) is 12.1 Å². The highest BCUT2D eigenvalue weighted by Gasteiger charge is 2.52. The van der Waals surface area contributed by atoms with E-state index in [0.717, 1.165) is 35.4 Å². The van der Waals surface area contributed by atoms with Gasteiger partial charge < -0.3 is 14.2 Å². The largest absolute Gasteiger partial charge is 0.497 e. The number of aromatic nitrogens is 2. The highest BCUT2D eigenvalue weighted by Crippen LogP contribution is 2.37. The van der Waals surface area contributed by atoms with Crippen LogP contribution >= 0.6 is 0 Å². The molecule has 24 heavy (non-hydrogen) atoms. The van der Waals surface area contributed by atoms with Crippen molar-refractivity contribution in [2.75, 3.05) is 18.0 Å². The van der Waals surface area contributed by atoms with Crippen LogP contribution in [-0.4, -0.2) is 41.4 Å². The van der Waals surface area contributed by atoms with Crippen LogP contribution in [0.4, 0.5) is 5.82 Å². The summed E-state index contributed by atoms with van der Waals surface area (Å²) in [4.78, 5) is 11.7. The van der Waals surface area contributed by atoms with E-state index >= 15 is 0 Å². The number of anilines is 1. The van der Waals surface area contributed by atoms with Crippen molar-refractivity contribution >= 4 is 29.4 Å². The van der Waals surface area contributed by atoms with Gasteiger partial charge in [-0.3, -0.25) is 4.98 Å². The molecule has 6 heteroatoms. The first-order valence-corrected chi connectivity index (χ1v) is 8.74. The molecule has 0 bridgehead atoms. The van der Waals surface area contributed by atoms with Gasteiger partial charge in [-0.25, -0.2) is 4.98 Å². The maximum absolute atomic E-state index is 6.22. The van der Waals surface area contributed by atoms with Crippen molar-refractivity contribution in [3.05, 3.63) is 24.4 Å². The van der Waals surface area contributed by atoms with Crippen molar-refractivity contribution in [2.24, 2.45) is 0 Å². The molecule has 2 fully saturated rings. The Balaban J connectivity index is 1.77. The summed E-state index contributed by atoms with van der Waals surface area (Å²) in [6.45, 7) is 10.4. The molecule has 126 valence electrons. The van der Waals surface area contributed by atoms with E-state index in [-0.39, 0.29) is 11.2 Å². The van der Waals surface area contributed by atoms with Crippen LogP contribution < -0.4 is 10.4 Å². The van der Waals surface area contributed by atoms with Crippen molar-refractivity contribution in [2.45, 2.75) is 51.7 Å². The lowest BCUT2D eigenvalue weighted by Gasteiger charge is -2.32. The van der Waals surface area contributed by atoms with Crippen molar-refractivity contribution < 1.29 is 9.31 Å². The van der Waals surface area contributed by atoms with Crippen LogP contribution in [0.5, 0.6) is 0 Å². The summed E-state index contributed by atoms with van der Waals surface area (Å²) in [5, 5.41) is 0. The van der Waals surface area contributed by atoms with Gasteiger partial charge in [0.2, 0.25) is 0 Å². The molecule has 0 saturated carbocycles. The van der Waals surface area contributed by atoms with Gasteiger partial charge in [0.05, 0.1) is 22.2 Å². The van der Waals surface area contributed by atoms with E-state index < -0.39 is 7.12 Å². The number of hydrogen-bond acceptors (Lipinski definition) is 5. The predicted octanol–water partition coefficient (Wildman–Crippen LogP) is 2.53. The van der Waals surface area contributed by atoms with Crippen LogP contribution in [-0.2, 0) is 9.31 Å². The maximum Gasteiger partial charge on any atom is 0.497 e. The second-order valence-corrected chi connectivity index (χ2v) is 7.72. The maximum atomic E-state index is 6.22. The summed E-state index contributed by atoms with van der Waals surface area (Å²) < 4.78 is 12.4. The minimum Gasteiger partial charge on any atom is -0.399 e. The summed E-state index contributed by atoms with van der Waals surface area (Å²) in [6, 6.07) is 6.07. The molecule has 0 amide bonds. The standard InChI is InChI=1S/C18H24BN3O2/c1-17(2)18(3,4)24-19(23-17)13-9-10-20-14-7-8-15(21-16(13)14)22-11-5-6-12-22/h7-10H,5-6,11-12H2,1-4H3. The van der Waals surface area contributed by atoms with Gasteiger partial charge >= 0.3 is 7.12 Å². The van der Waals surface area contributed by atoms with E-state index in [4.69, 9.17) is 14.3 Å². The Morgan fingerprint density at radius 2 is 1.67 bits per heavy atom. The molecule has 5 nitrogen and oxygen atoms in total. The molecule has 2 aromatic heterocycles. The lowest BCUT2D eigenvalue weighted by molar-refractivity contribution is 0.00578. The van der Waals surface area contributed by atoms with E-state index in [1.54, 1.807) is 6.20 Å². The van der Waals surface area contributed by atoms with E-state index in [9.17, 15) is 0 Å². The first-order valence-electron chi connectivity index (χ1n) is 8.74. The first-order chi connectivity index (χ1) is 11.4. The zero-order valence-electron chi connectivity index (χ0n) is 14.9. The lowest BCUT2D eigenvalue weighted by Crippen LogP contribution is -2.41. The zero-order chi connectivity index (χ0) is 16.9. The van der Waals surface area contributed by atoms with Crippen LogP contribution in [0.15, 0.2) is 24.4 Å². The normalized spacial score (nSPS) is 22.5. The van der Waals surface area contributed by atoms with Crippen molar-refractivity contribution in [3.8, 4) is 0 Å². The van der Waals surface area contributed by atoms with Crippen molar-refractivity contribution in [1.82, 2.24) is 9.97 Å². The summed E-state index contributed by atoms with van der Waals surface area (Å²) in [5.74, 6) is 1.02. The van der Waals surface area contributed by atoms with Gasteiger partial charge in [-0.15, -0.1) is 0 Å². The van der Waals surface area contributed by atoms with Crippen LogP contribution in [0, 0.1) is 0 Å². The highest BCUT2D eigenvalue weighted by molar-refractivity contribution is 6.64. The highest BCUT2D eigenvalue weighted by atomic mass is 16.7. The fraction of sp³-hybridized carbons (Fsp3) is 0.556. The van der Waals surface area contributed by atoms with Crippen LogP contribution in [0.2, 0.25) is 0 Å². The second kappa shape index (κ2) is 5.43. The molecule has 0 aliphatic carbocycles. The Bertz CT molecular complexity index is 756. The molecule has 0 unspecified atom stereocenters. The third kappa shape index (κ3) is 2.49. The number of nitrogens with zero attached hydrogens (tertiary/aromatic N) is 3. The Kier molecular flexibility index (Phi) is 3.58. The zero-order valence-corrected chi connectivity index (χ0v) is 14.9. The molecule has 0 aromatic carbocycles. The minimum atomic E-state index is -0.415. The van der Waals surface area contributed by atoms with Gasteiger partial charge in [0.15, 0.2) is 0 Å². The second-order valence-electron chi connectivity index (χ2n) is 7.72. The molecular weight excluding hydrogens is 301 g/mol. The summed E-state index contributed by atoms with van der Waals surface area (Å²) in [5.41, 5.74) is 1.99. The van der Waals surface area contributed by atoms with Gasteiger partial charge in [0.25, 0.3) is 0 Å². The number of fused-ring (bicyclic) bond motifs is 1. The van der Waals surface area contributed by atoms with Crippen LogP contribution in [0.3, 0.4) is 0 Å². The molecular formula is C18H24BN3O2. The Hall–Kier alpha value is -1.66. The van der Waals surface area contributed by atoms with Gasteiger partial charge in [-0.05, 0) is 58.7 Å². The van der Waals surface area contributed by atoms with E-state index in [2.05, 4.69) is 43.6 Å². The first kappa shape index (κ1) is 15.8. The van der Waals surface area contributed by atoms with E-state index in [0.29, 0.717) is 0 Å². The fourth-order valence-corrected chi connectivity index (χ4v) is 3.32. The van der Waals surface area contributed by atoms with Gasteiger partial charge in [0, 0.05) is 24.7 Å². The molecule has 0 atom stereocenters. The molecule has 2 aromatic rings. The monoisotopic (exact) mass is 325 g/mol. The molecule has 4 heterocycles. The van der Waals surface area contributed by atoms with Crippen molar-refractivity contribution in [1.29, 1.82) is 0 Å². The third-order valence-corrected chi connectivity index (χ3v) is 5.54. The van der Waals surface area contributed by atoms with Gasteiger partial charge in [-0.1, -0.05) is 0 Å². The average Bonchev–Trinajstić information content (AvgIpc) is 3.13. The third-order valence-electron chi connectivity index (χ3n) is 5.54. The molecule has 0 spiro atoms. The topological polar surface area (TPSA) is 47.5 Å². The minimum absolute atomic E-state index is 0.361. The van der Waals surface area contributed by atoms with E-state index in [1.165, 1.54) is 12.8 Å². The van der Waals surface area contributed by atoms with Crippen molar-refractivity contribution in [3.63, 3.8) is 0 Å². The van der Waals surface area contributed by atoms with Gasteiger partial charge in [-0.2, -0.15) is 0 Å². The number of hydrogen-bond donors (Lipinski definition) is 0. The molecule has 2 saturated heterocycles. The Morgan fingerprint density at radius 1 is 1.00 bits per heavy atom. The average molecular weight is 325 g/mol. The Labute approximate surface area is 143 Å². The predicted molar refractivity (Wildman–Crippen MR) is 96.7 cm³/mol.